The van der Waals surface area contributed by atoms with E-state index in [0.717, 1.165) is 30.4 Å². The third-order valence-electron chi connectivity index (χ3n) is 4.09. The van der Waals surface area contributed by atoms with Crippen molar-refractivity contribution in [3.05, 3.63) is 47.4 Å². The summed E-state index contributed by atoms with van der Waals surface area (Å²) in [7, 11) is 0. The fourth-order valence-electron chi connectivity index (χ4n) is 2.77. The smallest absolute Gasteiger partial charge is 0.219 e. The van der Waals surface area contributed by atoms with Gasteiger partial charge in [0.2, 0.25) is 5.88 Å². The van der Waals surface area contributed by atoms with Crippen LogP contribution in [0.4, 0.5) is 4.39 Å². The van der Waals surface area contributed by atoms with Gasteiger partial charge < -0.3 is 14.6 Å². The van der Waals surface area contributed by atoms with E-state index in [2.05, 4.69) is 4.98 Å². The normalized spacial score (nSPS) is 13.7. The first kappa shape index (κ1) is 16.7. The van der Waals surface area contributed by atoms with Crippen LogP contribution in [0.15, 0.2) is 30.5 Å². The van der Waals surface area contributed by atoms with E-state index in [1.54, 1.807) is 38.2 Å². The minimum atomic E-state index is -0.751. The molecule has 0 unspecified atom stereocenters. The van der Waals surface area contributed by atoms with Gasteiger partial charge in [0.1, 0.15) is 17.3 Å². The number of rotatable bonds is 6. The van der Waals surface area contributed by atoms with Crippen LogP contribution in [0.2, 0.25) is 0 Å². The van der Waals surface area contributed by atoms with E-state index >= 15 is 0 Å². The Morgan fingerprint density at radius 2 is 1.96 bits per heavy atom. The van der Waals surface area contributed by atoms with Crippen molar-refractivity contribution in [3.8, 4) is 17.4 Å². The summed E-state index contributed by atoms with van der Waals surface area (Å²) in [6.07, 6.45) is 4.67. The number of halogens is 1. The highest BCUT2D eigenvalue weighted by atomic mass is 19.1. The highest BCUT2D eigenvalue weighted by Gasteiger charge is 2.20. The Kier molecular flexibility index (Phi) is 4.71. The Bertz CT molecular complexity index is 708. The van der Waals surface area contributed by atoms with Gasteiger partial charge in [0.15, 0.2) is 0 Å². The number of aromatic nitrogens is 1. The average molecular weight is 331 g/mol. The molecule has 24 heavy (non-hydrogen) atoms. The standard InChI is InChI=1S/C19H22FNO3/c1-19(2,22)10-11-23-13-6-9-18(21-12-13)24-17-8-7-16(20)14-4-3-5-15(14)17/h6-9,12,22H,3-5,10-11H2,1-2H3. The van der Waals surface area contributed by atoms with Gasteiger partial charge in [-0.3, -0.25) is 0 Å². The maximum atomic E-state index is 13.8. The van der Waals surface area contributed by atoms with Crippen LogP contribution in [0.5, 0.6) is 17.4 Å². The van der Waals surface area contributed by atoms with Gasteiger partial charge in [0, 0.05) is 18.1 Å². The highest BCUT2D eigenvalue weighted by molar-refractivity contribution is 5.45. The largest absolute Gasteiger partial charge is 0.492 e. The van der Waals surface area contributed by atoms with Crippen molar-refractivity contribution >= 4 is 0 Å². The van der Waals surface area contributed by atoms with Crippen molar-refractivity contribution in [1.29, 1.82) is 0 Å². The van der Waals surface area contributed by atoms with Crippen LogP contribution in [0.1, 0.15) is 37.8 Å². The number of pyridine rings is 1. The van der Waals surface area contributed by atoms with E-state index in [4.69, 9.17) is 9.47 Å². The van der Waals surface area contributed by atoms with Crippen LogP contribution < -0.4 is 9.47 Å². The maximum absolute atomic E-state index is 13.8. The zero-order valence-corrected chi connectivity index (χ0v) is 14.0. The summed E-state index contributed by atoms with van der Waals surface area (Å²) in [5.74, 6) is 1.59. The zero-order chi connectivity index (χ0) is 17.2. The fourth-order valence-corrected chi connectivity index (χ4v) is 2.77. The van der Waals surface area contributed by atoms with Crippen molar-refractivity contribution in [3.63, 3.8) is 0 Å². The Morgan fingerprint density at radius 1 is 1.17 bits per heavy atom. The molecule has 1 heterocycles. The summed E-state index contributed by atoms with van der Waals surface area (Å²) in [6.45, 7) is 3.90. The minimum Gasteiger partial charge on any atom is -0.492 e. The highest BCUT2D eigenvalue weighted by Crippen LogP contribution is 2.34. The summed E-state index contributed by atoms with van der Waals surface area (Å²) >= 11 is 0. The third kappa shape index (κ3) is 4.03. The number of ether oxygens (including phenoxy) is 2. The molecule has 128 valence electrons. The molecule has 0 fully saturated rings. The predicted molar refractivity (Wildman–Crippen MR) is 89.1 cm³/mol. The lowest BCUT2D eigenvalue weighted by Crippen LogP contribution is -2.21. The van der Waals surface area contributed by atoms with Crippen molar-refractivity contribution < 1.29 is 19.0 Å². The molecule has 1 aliphatic carbocycles. The molecule has 1 aliphatic rings. The summed E-state index contributed by atoms with van der Waals surface area (Å²) < 4.78 is 25.1. The molecule has 1 N–H and O–H groups in total. The lowest BCUT2D eigenvalue weighted by Gasteiger charge is -2.17. The van der Waals surface area contributed by atoms with E-state index in [0.29, 0.717) is 30.4 Å². The molecule has 5 heteroatoms. The molecule has 0 saturated carbocycles. The number of benzene rings is 1. The number of nitrogens with zero attached hydrogens (tertiary/aromatic N) is 1. The SMILES string of the molecule is CC(C)(O)CCOc1ccc(Oc2ccc(F)c3c2CCC3)nc1. The van der Waals surface area contributed by atoms with Crippen molar-refractivity contribution in [2.45, 2.75) is 45.1 Å². The predicted octanol–water partition coefficient (Wildman–Crippen LogP) is 4.04. The van der Waals surface area contributed by atoms with Gasteiger partial charge in [-0.2, -0.15) is 0 Å². The van der Waals surface area contributed by atoms with Gasteiger partial charge in [0.25, 0.3) is 0 Å². The molecule has 1 aromatic carbocycles. The summed E-state index contributed by atoms with van der Waals surface area (Å²) in [4.78, 5) is 4.23. The van der Waals surface area contributed by atoms with Crippen LogP contribution in [-0.2, 0) is 12.8 Å². The number of hydrogen-bond acceptors (Lipinski definition) is 4. The Labute approximate surface area is 141 Å². The van der Waals surface area contributed by atoms with Gasteiger partial charge in [-0.15, -0.1) is 0 Å². The Hall–Kier alpha value is -2.14. The van der Waals surface area contributed by atoms with Crippen LogP contribution in [-0.4, -0.2) is 22.3 Å². The molecule has 2 aromatic rings. The summed E-state index contributed by atoms with van der Waals surface area (Å²) in [5, 5.41) is 9.66. The molecule has 0 radical (unpaired) electrons. The van der Waals surface area contributed by atoms with Crippen molar-refractivity contribution in [2.75, 3.05) is 6.61 Å². The van der Waals surface area contributed by atoms with E-state index in [1.807, 2.05) is 0 Å². The first-order chi connectivity index (χ1) is 11.4. The molecular weight excluding hydrogens is 309 g/mol. The first-order valence-corrected chi connectivity index (χ1v) is 8.22. The first-order valence-electron chi connectivity index (χ1n) is 8.22. The second-order valence-electron chi connectivity index (χ2n) is 6.70. The Morgan fingerprint density at radius 3 is 2.67 bits per heavy atom. The molecule has 0 saturated heterocycles. The second kappa shape index (κ2) is 6.77. The molecule has 0 spiro atoms. The lowest BCUT2D eigenvalue weighted by atomic mass is 10.1. The number of hydrogen-bond donors (Lipinski definition) is 1. The quantitative estimate of drug-likeness (QED) is 0.868. The average Bonchev–Trinajstić information content (AvgIpc) is 3.01. The van der Waals surface area contributed by atoms with Crippen LogP contribution in [0, 0.1) is 5.82 Å². The van der Waals surface area contributed by atoms with E-state index in [9.17, 15) is 9.50 Å². The number of aliphatic hydroxyl groups is 1. The van der Waals surface area contributed by atoms with E-state index in [1.165, 1.54) is 6.07 Å². The fraction of sp³-hybridized carbons (Fsp3) is 0.421. The van der Waals surface area contributed by atoms with Gasteiger partial charge in [0.05, 0.1) is 18.4 Å². The molecule has 0 amide bonds. The molecule has 0 aliphatic heterocycles. The van der Waals surface area contributed by atoms with Crippen LogP contribution in [0.3, 0.4) is 0 Å². The van der Waals surface area contributed by atoms with E-state index < -0.39 is 5.60 Å². The third-order valence-corrected chi connectivity index (χ3v) is 4.09. The second-order valence-corrected chi connectivity index (χ2v) is 6.70. The lowest BCUT2D eigenvalue weighted by molar-refractivity contribution is 0.0553. The molecule has 0 atom stereocenters. The van der Waals surface area contributed by atoms with Crippen LogP contribution in [0.25, 0.3) is 0 Å². The van der Waals surface area contributed by atoms with Gasteiger partial charge in [-0.1, -0.05) is 0 Å². The zero-order valence-electron chi connectivity index (χ0n) is 14.0. The molecular formula is C19H22FNO3. The molecule has 1 aromatic heterocycles. The monoisotopic (exact) mass is 331 g/mol. The van der Waals surface area contributed by atoms with Gasteiger partial charge in [-0.05, 0) is 56.9 Å². The van der Waals surface area contributed by atoms with Crippen molar-refractivity contribution in [1.82, 2.24) is 4.98 Å². The number of fused-ring (bicyclic) bond motifs is 1. The minimum absolute atomic E-state index is 0.154. The topological polar surface area (TPSA) is 51.6 Å². The molecule has 0 bridgehead atoms. The summed E-state index contributed by atoms with van der Waals surface area (Å²) in [6, 6.07) is 6.61. The van der Waals surface area contributed by atoms with Crippen molar-refractivity contribution in [2.24, 2.45) is 0 Å². The maximum Gasteiger partial charge on any atom is 0.219 e. The van der Waals surface area contributed by atoms with Gasteiger partial charge >= 0.3 is 0 Å². The van der Waals surface area contributed by atoms with Crippen LogP contribution >= 0.6 is 0 Å². The molecule has 4 nitrogen and oxygen atoms in total. The summed E-state index contributed by atoms with van der Waals surface area (Å²) in [5.41, 5.74) is 0.959. The van der Waals surface area contributed by atoms with Gasteiger partial charge in [-0.25, -0.2) is 9.37 Å². The molecule has 3 rings (SSSR count). The van der Waals surface area contributed by atoms with E-state index in [-0.39, 0.29) is 5.82 Å². The Balaban J connectivity index is 1.64.